The average molecular weight is 465 g/mol. The van der Waals surface area contributed by atoms with E-state index in [1.54, 1.807) is 0 Å². The Balaban J connectivity index is 0.00000204. The number of nitrogens with zero attached hydrogens (tertiary/aromatic N) is 1. The predicted octanol–water partition coefficient (Wildman–Crippen LogP) is 3.71. The van der Waals surface area contributed by atoms with Gasteiger partial charge >= 0.3 is 0 Å². The molecule has 2 aliphatic heterocycles. The van der Waals surface area contributed by atoms with Gasteiger partial charge in [0, 0.05) is 39.6 Å². The third-order valence-corrected chi connectivity index (χ3v) is 7.38. The largest absolute Gasteiger partial charge is 1.00 e. The van der Waals surface area contributed by atoms with Crippen LogP contribution in [0, 0.1) is 0 Å². The molecule has 154 valence electrons. The summed E-state index contributed by atoms with van der Waals surface area (Å²) in [5.41, 5.74) is 6.42. The number of aromatic nitrogens is 1. The lowest BCUT2D eigenvalue weighted by atomic mass is 9.53. The molecule has 1 aliphatic carbocycles. The van der Waals surface area contributed by atoms with Crippen molar-refractivity contribution in [3.63, 3.8) is 0 Å². The molecule has 1 nitrogen and oxygen atoms in total. The molecular formula is C27H20Cl3N. The fraction of sp³-hybridized carbons (Fsp3) is 0.148. The summed E-state index contributed by atoms with van der Waals surface area (Å²) >= 11 is 13.0. The molecule has 0 spiro atoms. The van der Waals surface area contributed by atoms with Crippen molar-refractivity contribution in [2.45, 2.75) is 23.8 Å². The second-order valence-corrected chi connectivity index (χ2v) is 9.18. The predicted molar refractivity (Wildman–Crippen MR) is 121 cm³/mol. The normalized spacial score (nSPS) is 19.8. The zero-order valence-corrected chi connectivity index (χ0v) is 18.9. The van der Waals surface area contributed by atoms with Crippen molar-refractivity contribution in [1.82, 2.24) is 0 Å². The number of pyridine rings is 1. The summed E-state index contributed by atoms with van der Waals surface area (Å²) in [6.07, 6.45) is 3.19. The third-order valence-electron chi connectivity index (χ3n) is 6.91. The van der Waals surface area contributed by atoms with Gasteiger partial charge in [0.25, 0.3) is 0 Å². The highest BCUT2D eigenvalue weighted by Crippen LogP contribution is 2.59. The molecule has 1 aromatic heterocycles. The van der Waals surface area contributed by atoms with E-state index in [2.05, 4.69) is 89.6 Å². The van der Waals surface area contributed by atoms with Crippen molar-refractivity contribution in [3.05, 3.63) is 135 Å². The number of rotatable bonds is 2. The first kappa shape index (κ1) is 20.6. The molecule has 2 bridgehead atoms. The number of halogens is 3. The van der Waals surface area contributed by atoms with Crippen molar-refractivity contribution < 1.29 is 17.0 Å². The molecule has 0 N–H and O–H groups in total. The van der Waals surface area contributed by atoms with Crippen LogP contribution in [0.2, 0.25) is 10.0 Å². The SMILES string of the molecule is Clc1cccc(C2(c3cccc(Cl)c3)C[C@@H]3c4ccccc4[C@H]2c2cccc[n+]23)c1.[Cl-]. The van der Waals surface area contributed by atoms with Gasteiger partial charge in [-0.25, -0.2) is 0 Å². The molecule has 4 heteroatoms. The fourth-order valence-electron chi connectivity index (χ4n) is 5.80. The summed E-state index contributed by atoms with van der Waals surface area (Å²) in [5.74, 6) is 0.178. The minimum atomic E-state index is -0.240. The molecule has 0 unspecified atom stereocenters. The van der Waals surface area contributed by atoms with E-state index in [0.29, 0.717) is 0 Å². The zero-order chi connectivity index (χ0) is 20.3. The Morgan fingerprint density at radius 2 is 1.32 bits per heavy atom. The molecule has 3 aromatic carbocycles. The molecule has 0 saturated heterocycles. The Labute approximate surface area is 198 Å². The molecular weight excluding hydrogens is 445 g/mol. The third kappa shape index (κ3) is 2.95. The lowest BCUT2D eigenvalue weighted by Crippen LogP contribution is -3.00. The monoisotopic (exact) mass is 463 g/mol. The Morgan fingerprint density at radius 3 is 1.97 bits per heavy atom. The first-order valence-electron chi connectivity index (χ1n) is 10.3. The van der Waals surface area contributed by atoms with Crippen molar-refractivity contribution in [2.24, 2.45) is 0 Å². The van der Waals surface area contributed by atoms with E-state index in [-0.39, 0.29) is 29.8 Å². The lowest BCUT2D eigenvalue weighted by molar-refractivity contribution is -0.732. The number of fused-ring (bicyclic) bond motifs is 1. The maximum atomic E-state index is 6.52. The molecule has 31 heavy (non-hydrogen) atoms. The molecule has 2 atom stereocenters. The van der Waals surface area contributed by atoms with Crippen LogP contribution < -0.4 is 17.0 Å². The van der Waals surface area contributed by atoms with Gasteiger partial charge in [0.15, 0.2) is 17.9 Å². The second-order valence-electron chi connectivity index (χ2n) is 8.31. The van der Waals surface area contributed by atoms with Crippen LogP contribution in [-0.2, 0) is 5.41 Å². The number of hydrogen-bond acceptors (Lipinski definition) is 0. The Morgan fingerprint density at radius 1 is 0.710 bits per heavy atom. The van der Waals surface area contributed by atoms with Crippen LogP contribution in [0.1, 0.15) is 46.3 Å². The van der Waals surface area contributed by atoms with E-state index in [0.717, 1.165) is 16.5 Å². The lowest BCUT2D eigenvalue weighted by Gasteiger charge is -2.50. The molecule has 0 saturated carbocycles. The van der Waals surface area contributed by atoms with Gasteiger partial charge in [-0.2, -0.15) is 4.57 Å². The molecule has 7 rings (SSSR count). The number of benzene rings is 3. The quantitative estimate of drug-likeness (QED) is 0.398. The van der Waals surface area contributed by atoms with E-state index in [9.17, 15) is 0 Å². The van der Waals surface area contributed by atoms with E-state index < -0.39 is 0 Å². The maximum Gasteiger partial charge on any atom is 0.190 e. The average Bonchev–Trinajstić information content (AvgIpc) is 2.79. The second kappa shape index (κ2) is 7.67. The standard InChI is InChI=1S/C27H20Cl2N.ClH/c28-20-9-5-7-18(15-20)27(19-8-6-10-21(29)16-19)17-25-22-11-1-2-12-23(22)26(27)24-13-3-4-14-30(24)25;/h1-16,25-26H,17H2;1H/q+1;/p-1/t25-,26+;/m1./s1. The van der Waals surface area contributed by atoms with Gasteiger partial charge in [0.05, 0.1) is 5.92 Å². The van der Waals surface area contributed by atoms with Crippen LogP contribution in [0.4, 0.5) is 0 Å². The molecule has 0 fully saturated rings. The van der Waals surface area contributed by atoms with Crippen LogP contribution in [0.5, 0.6) is 0 Å². The Kier molecular flexibility index (Phi) is 5.09. The highest BCUT2D eigenvalue weighted by atomic mass is 35.5. The van der Waals surface area contributed by atoms with Crippen LogP contribution in [-0.4, -0.2) is 0 Å². The molecule has 4 aromatic rings. The van der Waals surface area contributed by atoms with Crippen LogP contribution in [0.3, 0.4) is 0 Å². The molecule has 0 amide bonds. The molecule has 3 aliphatic rings. The van der Waals surface area contributed by atoms with Gasteiger partial charge in [0.1, 0.15) is 0 Å². The highest BCUT2D eigenvalue weighted by molar-refractivity contribution is 6.31. The summed E-state index contributed by atoms with van der Waals surface area (Å²) in [4.78, 5) is 0. The fourth-order valence-corrected chi connectivity index (χ4v) is 6.18. The smallest absolute Gasteiger partial charge is 0.190 e. The summed E-state index contributed by atoms with van der Waals surface area (Å²) in [6.45, 7) is 0. The van der Waals surface area contributed by atoms with Gasteiger partial charge in [-0.15, -0.1) is 0 Å². The first-order valence-corrected chi connectivity index (χ1v) is 11.0. The van der Waals surface area contributed by atoms with Crippen LogP contribution >= 0.6 is 23.2 Å². The van der Waals surface area contributed by atoms with E-state index in [1.807, 2.05) is 12.1 Å². The zero-order valence-electron chi connectivity index (χ0n) is 16.7. The molecule has 0 radical (unpaired) electrons. The van der Waals surface area contributed by atoms with Crippen LogP contribution in [0.25, 0.3) is 0 Å². The van der Waals surface area contributed by atoms with Gasteiger partial charge in [-0.05, 0) is 41.0 Å². The van der Waals surface area contributed by atoms with E-state index in [1.165, 1.54) is 27.9 Å². The molecule has 3 heterocycles. The van der Waals surface area contributed by atoms with Crippen LogP contribution in [0.15, 0.2) is 97.2 Å². The van der Waals surface area contributed by atoms with Crippen molar-refractivity contribution in [3.8, 4) is 0 Å². The first-order chi connectivity index (χ1) is 14.7. The summed E-state index contributed by atoms with van der Waals surface area (Å²) < 4.78 is 2.46. The van der Waals surface area contributed by atoms with Gasteiger partial charge in [-0.3, -0.25) is 0 Å². The minimum Gasteiger partial charge on any atom is -1.00 e. The summed E-state index contributed by atoms with van der Waals surface area (Å²) in [6, 6.07) is 32.5. The van der Waals surface area contributed by atoms with Crippen molar-refractivity contribution >= 4 is 23.2 Å². The van der Waals surface area contributed by atoms with Gasteiger partial charge in [-0.1, -0.05) is 77.8 Å². The van der Waals surface area contributed by atoms with Crippen molar-refractivity contribution in [1.29, 1.82) is 0 Å². The Hall–Kier alpha value is -2.32. The summed E-state index contributed by atoms with van der Waals surface area (Å²) in [5, 5.41) is 1.54. The topological polar surface area (TPSA) is 3.88 Å². The highest BCUT2D eigenvalue weighted by Gasteiger charge is 2.59. The van der Waals surface area contributed by atoms with Gasteiger partial charge < -0.3 is 12.4 Å². The van der Waals surface area contributed by atoms with E-state index in [4.69, 9.17) is 23.2 Å². The van der Waals surface area contributed by atoms with Gasteiger partial charge in [0.2, 0.25) is 0 Å². The maximum absolute atomic E-state index is 6.52. The number of hydrogen-bond donors (Lipinski definition) is 0. The Bertz CT molecular complexity index is 1190. The van der Waals surface area contributed by atoms with Crippen molar-refractivity contribution in [2.75, 3.05) is 0 Å². The summed E-state index contributed by atoms with van der Waals surface area (Å²) in [7, 11) is 0. The van der Waals surface area contributed by atoms with E-state index >= 15 is 0 Å². The minimum absolute atomic E-state index is 0.